The fourth-order valence-electron chi connectivity index (χ4n) is 3.74. The van der Waals surface area contributed by atoms with E-state index in [0.29, 0.717) is 17.2 Å². The van der Waals surface area contributed by atoms with Gasteiger partial charge in [0.2, 0.25) is 5.95 Å². The van der Waals surface area contributed by atoms with Gasteiger partial charge in [0.15, 0.2) is 0 Å². The van der Waals surface area contributed by atoms with Gasteiger partial charge in [-0.15, -0.1) is 5.10 Å². The van der Waals surface area contributed by atoms with Crippen LogP contribution in [0.15, 0.2) is 43.4 Å². The number of piperidine rings is 1. The highest BCUT2D eigenvalue weighted by Crippen LogP contribution is 2.22. The molecule has 9 heteroatoms. The van der Waals surface area contributed by atoms with Gasteiger partial charge < -0.3 is 15.2 Å². The summed E-state index contributed by atoms with van der Waals surface area (Å²) in [5.74, 6) is 0.743. The number of aryl methyl sites for hydroxylation is 1. The zero-order chi connectivity index (χ0) is 24.1. The summed E-state index contributed by atoms with van der Waals surface area (Å²) in [5.41, 5.74) is 10.6. The molecular weight excluding hydrogens is 424 g/mol. The Morgan fingerprint density at radius 2 is 2.06 bits per heavy atom. The van der Waals surface area contributed by atoms with Crippen LogP contribution in [0.2, 0.25) is 0 Å². The number of rotatable bonds is 5. The number of anilines is 1. The summed E-state index contributed by atoms with van der Waals surface area (Å²) >= 11 is 0. The fraction of sp³-hybridized carbons (Fsp3) is 0.375. The van der Waals surface area contributed by atoms with E-state index in [4.69, 9.17) is 5.73 Å². The van der Waals surface area contributed by atoms with E-state index in [1.807, 2.05) is 6.07 Å². The van der Waals surface area contributed by atoms with Crippen LogP contribution in [-0.2, 0) is 6.54 Å². The molecule has 1 saturated heterocycles. The van der Waals surface area contributed by atoms with Crippen molar-refractivity contribution in [1.29, 1.82) is 0 Å². The van der Waals surface area contributed by atoms with Crippen LogP contribution in [0.5, 0.6) is 0 Å². The lowest BCUT2D eigenvalue weighted by Gasteiger charge is -2.26. The Morgan fingerprint density at radius 3 is 2.70 bits per heavy atom. The molecule has 2 N–H and O–H groups in total. The predicted octanol–water partition coefficient (Wildman–Crippen LogP) is 4.73. The zero-order valence-corrected chi connectivity index (χ0v) is 19.4. The summed E-state index contributed by atoms with van der Waals surface area (Å²) in [6, 6.07) is 1.86. The van der Waals surface area contributed by atoms with Crippen molar-refractivity contribution in [3.63, 3.8) is 0 Å². The van der Waals surface area contributed by atoms with Crippen molar-refractivity contribution in [2.45, 2.75) is 46.1 Å². The first-order chi connectivity index (χ1) is 15.7. The van der Waals surface area contributed by atoms with Crippen LogP contribution in [-0.4, -0.2) is 49.1 Å². The molecular formula is C24H31F2N7. The molecule has 4 heterocycles. The predicted molar refractivity (Wildman–Crippen MR) is 129 cm³/mol. The van der Waals surface area contributed by atoms with E-state index in [9.17, 15) is 8.78 Å². The van der Waals surface area contributed by atoms with Crippen LogP contribution >= 0.6 is 0 Å². The first kappa shape index (κ1) is 24.2. The highest BCUT2D eigenvalue weighted by molar-refractivity contribution is 5.85. The molecule has 4 rings (SSSR count). The molecule has 0 radical (unpaired) electrons. The first-order valence-corrected chi connectivity index (χ1v) is 10.9. The molecule has 0 bridgehead atoms. The lowest BCUT2D eigenvalue weighted by atomic mass is 10.1. The molecule has 3 aromatic rings. The average molecular weight is 456 g/mol. The lowest BCUT2D eigenvalue weighted by Crippen LogP contribution is -2.22. The largest absolute Gasteiger partial charge is 0.378 e. The molecule has 0 unspecified atom stereocenters. The number of nitrogens with zero attached hydrogens (tertiary/aromatic N) is 6. The summed E-state index contributed by atoms with van der Waals surface area (Å²) in [4.78, 5) is 10.6. The Balaban J connectivity index is 0.000000323. The number of aromatic nitrogens is 5. The topological polar surface area (TPSA) is 77.3 Å². The molecule has 33 heavy (non-hydrogen) atoms. The van der Waals surface area contributed by atoms with Gasteiger partial charge in [0, 0.05) is 36.7 Å². The van der Waals surface area contributed by atoms with Gasteiger partial charge in [0.25, 0.3) is 6.43 Å². The summed E-state index contributed by atoms with van der Waals surface area (Å²) in [6.45, 7) is 12.3. The number of fused-ring (bicyclic) bond motifs is 1. The number of nitrogen functional groups attached to an aromatic ring is 1. The Kier molecular flexibility index (Phi) is 7.63. The van der Waals surface area contributed by atoms with Crippen molar-refractivity contribution in [2.75, 3.05) is 19.3 Å². The number of nitrogens with two attached hydrogens (primary N) is 1. The minimum Gasteiger partial charge on any atom is -0.378 e. The molecule has 0 aromatic carbocycles. The van der Waals surface area contributed by atoms with E-state index in [2.05, 4.69) is 40.2 Å². The van der Waals surface area contributed by atoms with Crippen molar-refractivity contribution in [3.05, 3.63) is 66.2 Å². The minimum absolute atomic E-state index is 0.187. The summed E-state index contributed by atoms with van der Waals surface area (Å²) < 4.78 is 28.5. The van der Waals surface area contributed by atoms with Crippen LogP contribution in [0.4, 0.5) is 14.7 Å². The molecule has 1 fully saturated rings. The van der Waals surface area contributed by atoms with E-state index >= 15 is 0 Å². The van der Waals surface area contributed by atoms with Gasteiger partial charge in [-0.3, -0.25) is 0 Å². The maximum absolute atomic E-state index is 12.7. The van der Waals surface area contributed by atoms with Crippen molar-refractivity contribution in [1.82, 2.24) is 29.0 Å². The van der Waals surface area contributed by atoms with Gasteiger partial charge in [0.1, 0.15) is 5.82 Å². The quantitative estimate of drug-likeness (QED) is 0.563. The third kappa shape index (κ3) is 5.85. The van der Waals surface area contributed by atoms with Crippen molar-refractivity contribution in [3.8, 4) is 0 Å². The van der Waals surface area contributed by atoms with Crippen LogP contribution in [0.25, 0.3) is 17.2 Å². The van der Waals surface area contributed by atoms with E-state index < -0.39 is 6.43 Å². The molecule has 1 aliphatic rings. The van der Waals surface area contributed by atoms with Gasteiger partial charge >= 0.3 is 0 Å². The van der Waals surface area contributed by atoms with Gasteiger partial charge in [0.05, 0.1) is 24.0 Å². The Hall–Kier alpha value is -3.49. The monoisotopic (exact) mass is 455 g/mol. The summed E-state index contributed by atoms with van der Waals surface area (Å²) in [5, 5.41) is 4.09. The standard InChI is InChI=1S/C17H18F2N6.C7H13N/c1-10(13-6-7-25-15(13)8-21-17(20)23-25)4-5-14-11(2)24(9-16(18)19)12(3)22-14;1-7-5-3-4-6-8(7)2/h4-8,16H,1,9H2,2-3H3,(H2,20,23);1,3-6H2,2H3/b5-4-;. The molecule has 0 aliphatic carbocycles. The van der Waals surface area contributed by atoms with E-state index in [1.54, 1.807) is 42.9 Å². The smallest absolute Gasteiger partial charge is 0.256 e. The number of hydrogen-bond acceptors (Lipinski definition) is 5. The van der Waals surface area contributed by atoms with Gasteiger partial charge in [-0.2, -0.15) is 0 Å². The van der Waals surface area contributed by atoms with E-state index in [1.165, 1.54) is 36.1 Å². The third-order valence-corrected chi connectivity index (χ3v) is 5.74. The third-order valence-electron chi connectivity index (χ3n) is 5.74. The van der Waals surface area contributed by atoms with E-state index in [-0.39, 0.29) is 12.5 Å². The zero-order valence-electron chi connectivity index (χ0n) is 19.4. The van der Waals surface area contributed by atoms with Crippen molar-refractivity contribution < 1.29 is 8.78 Å². The number of hydrogen-bond donors (Lipinski definition) is 1. The number of halogens is 2. The number of likely N-dealkylation sites (tertiary alicyclic amines) is 1. The van der Waals surface area contributed by atoms with E-state index in [0.717, 1.165) is 16.7 Å². The lowest BCUT2D eigenvalue weighted by molar-refractivity contribution is 0.125. The molecule has 0 spiro atoms. The average Bonchev–Trinajstić information content (AvgIpc) is 3.30. The fourth-order valence-corrected chi connectivity index (χ4v) is 3.74. The minimum atomic E-state index is -2.42. The van der Waals surface area contributed by atoms with Crippen LogP contribution in [0.1, 0.15) is 42.0 Å². The molecule has 176 valence electrons. The maximum atomic E-state index is 12.7. The van der Waals surface area contributed by atoms with Crippen LogP contribution < -0.4 is 5.73 Å². The summed E-state index contributed by atoms with van der Waals surface area (Å²) in [6.07, 6.45) is 8.44. The Morgan fingerprint density at radius 1 is 1.30 bits per heavy atom. The number of imidazole rings is 1. The second-order valence-electron chi connectivity index (χ2n) is 8.11. The molecule has 3 aromatic heterocycles. The van der Waals surface area contributed by atoms with Crippen LogP contribution in [0.3, 0.4) is 0 Å². The molecule has 0 amide bonds. The number of allylic oxidation sites excluding steroid dienone is 3. The van der Waals surface area contributed by atoms with Gasteiger partial charge in [-0.05, 0) is 50.8 Å². The maximum Gasteiger partial charge on any atom is 0.256 e. The highest BCUT2D eigenvalue weighted by atomic mass is 19.3. The second-order valence-corrected chi connectivity index (χ2v) is 8.11. The molecule has 1 aliphatic heterocycles. The summed E-state index contributed by atoms with van der Waals surface area (Å²) in [7, 11) is 2.11. The molecule has 0 atom stereocenters. The van der Waals surface area contributed by atoms with Crippen LogP contribution in [0, 0.1) is 13.8 Å². The number of alkyl halides is 2. The second kappa shape index (κ2) is 10.4. The highest BCUT2D eigenvalue weighted by Gasteiger charge is 2.13. The van der Waals surface area contributed by atoms with Gasteiger partial charge in [-0.25, -0.2) is 23.3 Å². The normalized spacial score (nSPS) is 14.2. The Bertz CT molecular complexity index is 1170. The SMILES string of the molecule is C=C(/C=C\c1nc(C)n(CC(F)F)c1C)c1ccn2nc(N)ncc12.C=C1CCCCN1C. The Labute approximate surface area is 192 Å². The molecule has 7 nitrogen and oxygen atoms in total. The van der Waals surface area contributed by atoms with Gasteiger partial charge in [-0.1, -0.05) is 19.2 Å². The van der Waals surface area contributed by atoms with Crippen molar-refractivity contribution in [2.24, 2.45) is 0 Å². The first-order valence-electron chi connectivity index (χ1n) is 10.9. The molecule has 0 saturated carbocycles. The van der Waals surface area contributed by atoms with Crippen molar-refractivity contribution >= 4 is 23.1 Å².